The summed E-state index contributed by atoms with van der Waals surface area (Å²) in [5, 5.41) is 0.626. The van der Waals surface area contributed by atoms with Crippen molar-refractivity contribution in [1.82, 2.24) is 0 Å². The van der Waals surface area contributed by atoms with Crippen LogP contribution in [0.3, 0.4) is 0 Å². The van der Waals surface area contributed by atoms with E-state index in [-0.39, 0.29) is 11.2 Å². The summed E-state index contributed by atoms with van der Waals surface area (Å²) in [4.78, 5) is 0. The first-order valence-electron chi connectivity index (χ1n) is 7.40. The lowest BCUT2D eigenvalue weighted by atomic mass is 9.79. The lowest BCUT2D eigenvalue weighted by Gasteiger charge is -2.32. The first-order chi connectivity index (χ1) is 9.60. The lowest BCUT2D eigenvalue weighted by Crippen LogP contribution is -2.41. The Labute approximate surface area is 133 Å². The predicted molar refractivity (Wildman–Crippen MR) is 87.5 cm³/mol. The number of hydrogen-bond donors (Lipinski definition) is 0. The van der Waals surface area contributed by atoms with Crippen molar-refractivity contribution in [1.29, 1.82) is 0 Å². The van der Waals surface area contributed by atoms with Gasteiger partial charge in [0.2, 0.25) is 0 Å². The van der Waals surface area contributed by atoms with Crippen LogP contribution in [0.15, 0.2) is 18.2 Å². The Kier molecular flexibility index (Phi) is 4.62. The summed E-state index contributed by atoms with van der Waals surface area (Å²) in [5.41, 5.74) is 0.164. The fourth-order valence-corrected chi connectivity index (χ4v) is 2.28. The molecule has 1 aliphatic rings. The molecular weight excluding hydrogens is 286 g/mol. The van der Waals surface area contributed by atoms with E-state index in [2.05, 4.69) is 13.8 Å². The lowest BCUT2D eigenvalue weighted by molar-refractivity contribution is 0.00578. The first kappa shape index (κ1) is 16.7. The molecule has 0 unspecified atom stereocenters. The monoisotopic (exact) mass is 310 g/mol. The van der Waals surface area contributed by atoms with Gasteiger partial charge in [-0.15, -0.1) is 0 Å². The Hall–Kier alpha value is -0.705. The minimum Gasteiger partial charge on any atom is -0.493 e. The van der Waals surface area contributed by atoms with Crippen LogP contribution in [0.5, 0.6) is 5.75 Å². The molecule has 0 N–H and O–H groups in total. The van der Waals surface area contributed by atoms with Crippen molar-refractivity contribution < 1.29 is 14.0 Å². The van der Waals surface area contributed by atoms with Crippen LogP contribution in [0.4, 0.5) is 0 Å². The third-order valence-electron chi connectivity index (χ3n) is 4.00. The van der Waals surface area contributed by atoms with Crippen LogP contribution < -0.4 is 10.2 Å². The minimum atomic E-state index is -0.421. The largest absolute Gasteiger partial charge is 0.495 e. The standard InChI is InChI=1S/C16H24BClO3/c1-11(2)10-19-14-8-12(7-13(18)9-14)17-20-15(3,4)16(5,6)21-17/h7-9,11H,10H2,1-6H3. The quantitative estimate of drug-likeness (QED) is 0.794. The molecule has 1 saturated heterocycles. The molecule has 1 aliphatic heterocycles. The van der Waals surface area contributed by atoms with E-state index in [0.717, 1.165) is 11.2 Å². The van der Waals surface area contributed by atoms with E-state index < -0.39 is 7.12 Å². The van der Waals surface area contributed by atoms with Gasteiger partial charge in [0.1, 0.15) is 5.75 Å². The number of hydrogen-bond acceptors (Lipinski definition) is 3. The summed E-state index contributed by atoms with van der Waals surface area (Å²) < 4.78 is 17.9. The van der Waals surface area contributed by atoms with Gasteiger partial charge >= 0.3 is 7.12 Å². The molecule has 0 aliphatic carbocycles. The molecular formula is C16H24BClO3. The van der Waals surface area contributed by atoms with Crippen molar-refractivity contribution in [3.63, 3.8) is 0 Å². The van der Waals surface area contributed by atoms with Crippen molar-refractivity contribution in [3.05, 3.63) is 23.2 Å². The fourth-order valence-electron chi connectivity index (χ4n) is 2.05. The van der Waals surface area contributed by atoms with Crippen molar-refractivity contribution >= 4 is 24.2 Å². The second-order valence-corrected chi connectivity index (χ2v) is 7.45. The Bertz CT molecular complexity index is 498. The maximum Gasteiger partial charge on any atom is 0.495 e. The molecule has 21 heavy (non-hydrogen) atoms. The molecule has 0 atom stereocenters. The molecule has 0 bridgehead atoms. The molecule has 1 heterocycles. The average Bonchev–Trinajstić information content (AvgIpc) is 2.55. The topological polar surface area (TPSA) is 27.7 Å². The second kappa shape index (κ2) is 5.83. The van der Waals surface area contributed by atoms with E-state index in [9.17, 15) is 0 Å². The van der Waals surface area contributed by atoms with E-state index in [4.69, 9.17) is 25.6 Å². The molecule has 116 valence electrons. The molecule has 2 rings (SSSR count). The Morgan fingerprint density at radius 2 is 1.67 bits per heavy atom. The van der Waals surface area contributed by atoms with Crippen LogP contribution in [-0.4, -0.2) is 24.9 Å². The number of ether oxygens (including phenoxy) is 1. The molecule has 0 radical (unpaired) electrons. The van der Waals surface area contributed by atoms with Crippen LogP contribution >= 0.6 is 11.6 Å². The van der Waals surface area contributed by atoms with Gasteiger partial charge < -0.3 is 14.0 Å². The van der Waals surface area contributed by atoms with Gasteiger partial charge in [-0.25, -0.2) is 0 Å². The molecule has 1 aromatic rings. The Morgan fingerprint density at radius 3 is 2.19 bits per heavy atom. The first-order valence-corrected chi connectivity index (χ1v) is 7.77. The van der Waals surface area contributed by atoms with Gasteiger partial charge in [-0.3, -0.25) is 0 Å². The average molecular weight is 311 g/mol. The minimum absolute atomic E-state index is 0.362. The normalized spacial score (nSPS) is 20.1. The van der Waals surface area contributed by atoms with E-state index in [1.807, 2.05) is 45.9 Å². The fraction of sp³-hybridized carbons (Fsp3) is 0.625. The zero-order valence-electron chi connectivity index (χ0n) is 13.7. The van der Waals surface area contributed by atoms with Crippen LogP contribution in [0, 0.1) is 5.92 Å². The number of halogens is 1. The summed E-state index contributed by atoms with van der Waals surface area (Å²) >= 11 is 6.19. The summed E-state index contributed by atoms with van der Waals surface area (Å²) in [6.45, 7) is 13.0. The van der Waals surface area contributed by atoms with Crippen LogP contribution in [-0.2, 0) is 9.31 Å². The molecule has 0 aromatic heterocycles. The predicted octanol–water partition coefficient (Wildman–Crippen LogP) is 3.67. The van der Waals surface area contributed by atoms with Gasteiger partial charge in [0.05, 0.1) is 17.8 Å². The van der Waals surface area contributed by atoms with E-state index in [0.29, 0.717) is 17.5 Å². The maximum absolute atomic E-state index is 6.19. The molecule has 0 amide bonds. The van der Waals surface area contributed by atoms with Gasteiger partial charge in [-0.05, 0) is 57.3 Å². The van der Waals surface area contributed by atoms with Crippen molar-refractivity contribution in [3.8, 4) is 5.75 Å². The summed E-state index contributed by atoms with van der Waals surface area (Å²) in [5.74, 6) is 1.21. The third-order valence-corrected chi connectivity index (χ3v) is 4.22. The summed E-state index contributed by atoms with van der Waals surface area (Å²) in [6, 6.07) is 5.63. The van der Waals surface area contributed by atoms with E-state index >= 15 is 0 Å². The smallest absolute Gasteiger partial charge is 0.493 e. The molecule has 0 spiro atoms. The molecule has 1 fully saturated rings. The van der Waals surface area contributed by atoms with Crippen LogP contribution in [0.1, 0.15) is 41.5 Å². The molecule has 0 saturated carbocycles. The highest BCUT2D eigenvalue weighted by Crippen LogP contribution is 2.36. The molecule has 3 nitrogen and oxygen atoms in total. The van der Waals surface area contributed by atoms with Crippen LogP contribution in [0.2, 0.25) is 5.02 Å². The SMILES string of the molecule is CC(C)COc1cc(Cl)cc(B2OC(C)(C)C(C)(C)O2)c1. The molecule has 5 heteroatoms. The van der Waals surface area contributed by atoms with E-state index in [1.54, 1.807) is 0 Å². The highest BCUT2D eigenvalue weighted by Gasteiger charge is 2.51. The van der Waals surface area contributed by atoms with E-state index in [1.165, 1.54) is 0 Å². The zero-order chi connectivity index (χ0) is 15.8. The van der Waals surface area contributed by atoms with Crippen LogP contribution in [0.25, 0.3) is 0 Å². The Morgan fingerprint density at radius 1 is 1.10 bits per heavy atom. The van der Waals surface area contributed by atoms with Gasteiger partial charge in [-0.2, -0.15) is 0 Å². The summed E-state index contributed by atoms with van der Waals surface area (Å²) in [6.07, 6.45) is 0. The van der Waals surface area contributed by atoms with Gasteiger partial charge in [0, 0.05) is 5.02 Å². The van der Waals surface area contributed by atoms with Crippen molar-refractivity contribution in [2.45, 2.75) is 52.7 Å². The second-order valence-electron chi connectivity index (χ2n) is 7.01. The third kappa shape index (κ3) is 3.74. The van der Waals surface area contributed by atoms with Gasteiger partial charge in [0.15, 0.2) is 0 Å². The maximum atomic E-state index is 6.19. The van der Waals surface area contributed by atoms with Crippen molar-refractivity contribution in [2.75, 3.05) is 6.61 Å². The number of benzene rings is 1. The van der Waals surface area contributed by atoms with Gasteiger partial charge in [-0.1, -0.05) is 25.4 Å². The van der Waals surface area contributed by atoms with Crippen molar-refractivity contribution in [2.24, 2.45) is 5.92 Å². The zero-order valence-corrected chi connectivity index (χ0v) is 14.5. The van der Waals surface area contributed by atoms with Gasteiger partial charge in [0.25, 0.3) is 0 Å². The summed E-state index contributed by atoms with van der Waals surface area (Å²) in [7, 11) is -0.421. The highest BCUT2D eigenvalue weighted by atomic mass is 35.5. The molecule has 1 aromatic carbocycles. The highest BCUT2D eigenvalue weighted by molar-refractivity contribution is 6.62. The number of rotatable bonds is 4. The Balaban J connectivity index is 2.21.